The minimum Gasteiger partial charge on any atom is -0.455 e. The van der Waals surface area contributed by atoms with E-state index in [1.165, 1.54) is 39.8 Å². The summed E-state index contributed by atoms with van der Waals surface area (Å²) in [6.45, 7) is 4.54. The van der Waals surface area contributed by atoms with Crippen LogP contribution in [0.4, 0.5) is 14.0 Å². The second kappa shape index (κ2) is 15.7. The van der Waals surface area contributed by atoms with Crippen molar-refractivity contribution in [1.82, 2.24) is 0 Å². The average Bonchev–Trinajstić information content (AvgIpc) is 3.06. The van der Waals surface area contributed by atoms with Crippen molar-refractivity contribution in [3.8, 4) is 0 Å². The number of hydrogen-bond donors (Lipinski definition) is 2. The Kier molecular flexibility index (Phi) is 12.5. The topological polar surface area (TPSA) is 190 Å². The first-order chi connectivity index (χ1) is 25.7. The lowest BCUT2D eigenvalue weighted by molar-refractivity contribution is -0.346. The van der Waals surface area contributed by atoms with E-state index in [1.54, 1.807) is 0 Å². The number of benzene rings is 1. The summed E-state index contributed by atoms with van der Waals surface area (Å²) in [7, 11) is 0. The molecule has 56 heavy (non-hydrogen) atoms. The molecule has 1 saturated heterocycles. The fourth-order valence-corrected chi connectivity index (χ4v) is 8.82. The smallest absolute Gasteiger partial charge is 0.455 e. The van der Waals surface area contributed by atoms with Crippen LogP contribution in [0, 0.1) is 22.6 Å². The van der Waals surface area contributed by atoms with E-state index in [1.807, 2.05) is 0 Å². The first kappa shape index (κ1) is 44.8. The summed E-state index contributed by atoms with van der Waals surface area (Å²) in [6.07, 6.45) is -12.5. The molecule has 21 heteroatoms. The Morgan fingerprint density at radius 1 is 0.964 bits per heavy atom. The van der Waals surface area contributed by atoms with E-state index in [9.17, 15) is 33.8 Å². The van der Waals surface area contributed by atoms with Crippen molar-refractivity contribution in [2.45, 2.75) is 96.8 Å². The summed E-state index contributed by atoms with van der Waals surface area (Å²) in [5.74, 6) is -5.73. The van der Waals surface area contributed by atoms with E-state index in [2.05, 4.69) is 0 Å². The van der Waals surface area contributed by atoms with Gasteiger partial charge in [0.25, 0.3) is 0 Å². The summed E-state index contributed by atoms with van der Waals surface area (Å²) >= 11 is 34.7. The van der Waals surface area contributed by atoms with Crippen LogP contribution < -0.4 is 0 Å². The monoisotopic (exact) mass is 910 g/mol. The summed E-state index contributed by atoms with van der Waals surface area (Å²) in [5, 5.41) is 24.8. The molecule has 0 aromatic heterocycles. The number of ether oxygens (including phenoxy) is 7. The summed E-state index contributed by atoms with van der Waals surface area (Å²) in [6, 6.07) is 4.41. The van der Waals surface area contributed by atoms with E-state index in [-0.39, 0.29) is 16.7 Å². The molecule has 2 saturated carbocycles. The highest BCUT2D eigenvalue weighted by atomic mass is 35.6. The predicted octanol–water partition coefficient (Wildman–Crippen LogP) is 6.28. The Morgan fingerprint density at radius 3 is 2.07 bits per heavy atom. The number of esters is 2. The Morgan fingerprint density at radius 2 is 1.55 bits per heavy atom. The van der Waals surface area contributed by atoms with Crippen LogP contribution in [-0.4, -0.2) is 109 Å². The van der Waals surface area contributed by atoms with E-state index >= 15 is 4.79 Å². The number of Topliss-reactive ketones (excluding diaryl/α,β-unsaturated/α-hetero) is 1. The van der Waals surface area contributed by atoms with Crippen LogP contribution in [0.1, 0.15) is 57.8 Å². The van der Waals surface area contributed by atoms with Crippen LogP contribution in [0.25, 0.3) is 0 Å². The van der Waals surface area contributed by atoms with Crippen LogP contribution in [0.15, 0.2) is 35.4 Å². The number of fused-ring (bicyclic) bond motifs is 5. The number of carbonyl (C=O) groups excluding carboxylic acids is 5. The Labute approximate surface area is 349 Å². The highest BCUT2D eigenvalue weighted by Crippen LogP contribution is 2.64. The van der Waals surface area contributed by atoms with Gasteiger partial charge in [-0.3, -0.25) is 9.59 Å². The summed E-state index contributed by atoms with van der Waals surface area (Å²) in [4.78, 5) is 69.2. The van der Waals surface area contributed by atoms with Gasteiger partial charge in [-0.15, -0.1) is 0 Å². The molecule has 2 bridgehead atoms. The van der Waals surface area contributed by atoms with Crippen molar-refractivity contribution < 1.29 is 71.7 Å². The molecule has 3 aliphatic carbocycles. The lowest BCUT2D eigenvalue weighted by atomic mass is 9.44. The second-order valence-corrected chi connectivity index (χ2v) is 19.9. The molecule has 0 unspecified atom stereocenters. The third kappa shape index (κ3) is 8.26. The molecule has 0 radical (unpaired) electrons. The lowest BCUT2D eigenvalue weighted by Gasteiger charge is -2.67. The molecule has 1 aromatic carbocycles. The van der Waals surface area contributed by atoms with Gasteiger partial charge >= 0.3 is 24.2 Å². The third-order valence-corrected chi connectivity index (χ3v) is 11.8. The highest BCUT2D eigenvalue weighted by molar-refractivity contribution is 6.68. The number of carbonyl (C=O) groups is 5. The van der Waals surface area contributed by atoms with Gasteiger partial charge in [-0.1, -0.05) is 89.5 Å². The van der Waals surface area contributed by atoms with Crippen LogP contribution in [0.2, 0.25) is 0 Å². The van der Waals surface area contributed by atoms with E-state index in [4.69, 9.17) is 103 Å². The predicted molar refractivity (Wildman–Crippen MR) is 196 cm³/mol. The van der Waals surface area contributed by atoms with Gasteiger partial charge in [0.05, 0.1) is 29.6 Å². The summed E-state index contributed by atoms with van der Waals surface area (Å²) < 4.78 is 49.7. The molecule has 4 aliphatic rings. The molecule has 14 nitrogen and oxygen atoms in total. The lowest BCUT2D eigenvalue weighted by Crippen LogP contribution is -2.82. The zero-order valence-electron chi connectivity index (χ0n) is 30.2. The number of hydrogen-bond acceptors (Lipinski definition) is 14. The van der Waals surface area contributed by atoms with E-state index in [0.717, 1.165) is 19.1 Å². The van der Waals surface area contributed by atoms with Crippen molar-refractivity contribution in [3.63, 3.8) is 0 Å². The van der Waals surface area contributed by atoms with Gasteiger partial charge in [0.2, 0.25) is 7.59 Å². The fourth-order valence-electron chi connectivity index (χ4n) is 8.49. The van der Waals surface area contributed by atoms with Crippen molar-refractivity contribution in [1.29, 1.82) is 0 Å². The first-order valence-electron chi connectivity index (χ1n) is 16.9. The van der Waals surface area contributed by atoms with Crippen molar-refractivity contribution >= 4 is 99.6 Å². The number of rotatable bonds is 7. The molecule has 9 atom stereocenters. The van der Waals surface area contributed by atoms with E-state index < -0.39 is 135 Å². The quantitative estimate of drug-likeness (QED) is 0.134. The van der Waals surface area contributed by atoms with Crippen LogP contribution in [0.5, 0.6) is 0 Å². The average molecular weight is 913 g/mol. The normalized spacial score (nSPS) is 33.6. The molecule has 1 heterocycles. The molecule has 1 aromatic rings. The van der Waals surface area contributed by atoms with Gasteiger partial charge in [0.1, 0.15) is 42.9 Å². The van der Waals surface area contributed by atoms with Gasteiger partial charge in [-0.05, 0) is 43.2 Å². The zero-order chi connectivity index (χ0) is 42.0. The Bertz CT molecular complexity index is 1810. The van der Waals surface area contributed by atoms with Gasteiger partial charge < -0.3 is 43.4 Å². The number of aliphatic hydroxyl groups is 2. The van der Waals surface area contributed by atoms with Crippen molar-refractivity contribution in [2.24, 2.45) is 16.7 Å². The minimum atomic E-state index is -2.47. The van der Waals surface area contributed by atoms with Crippen LogP contribution in [-0.2, 0) is 42.7 Å². The Balaban J connectivity index is 1.80. The molecule has 3 fully saturated rings. The molecular weight excluding hydrogens is 876 g/mol. The highest BCUT2D eigenvalue weighted by Gasteiger charge is 2.79. The van der Waals surface area contributed by atoms with Crippen molar-refractivity contribution in [2.75, 3.05) is 19.8 Å². The maximum atomic E-state index is 15.6. The largest absolute Gasteiger partial charge is 0.509 e. The second-order valence-electron chi connectivity index (χ2n) is 14.8. The van der Waals surface area contributed by atoms with Crippen molar-refractivity contribution in [3.05, 3.63) is 46.8 Å². The maximum Gasteiger partial charge on any atom is 0.509 e. The van der Waals surface area contributed by atoms with Gasteiger partial charge in [-0.25, -0.2) is 18.8 Å². The number of aliphatic hydroxyl groups excluding tert-OH is 1. The number of alkyl halides is 6. The molecule has 2 N–H and O–H groups in total. The minimum absolute atomic E-state index is 0.0689. The maximum absolute atomic E-state index is 15.6. The summed E-state index contributed by atoms with van der Waals surface area (Å²) in [5.41, 5.74) is -8.91. The molecule has 0 spiro atoms. The third-order valence-electron chi connectivity index (χ3n) is 11.1. The fraction of sp³-hybridized carbons (Fsp3) is 0.629. The number of halogens is 7. The molecule has 5 rings (SSSR count). The molecular formula is C35H37Cl6FO14. The SMILES string of the molecule is CC(=O)O[C@@]12CO[C@@H]1C[C@H](OC(=O)OCC(Cl)(Cl)Cl)[C@@]1(C)C(=O)[C@H](OC(=O)OCC(Cl)(Cl)Cl)C3=C(C)[C@@H](O)C[C@@](O)([C@@H](OC(=O)c4cccc(F)c4)[C@H]21)C3(C)C. The van der Waals surface area contributed by atoms with Crippen LogP contribution in [0.3, 0.4) is 0 Å². The van der Waals surface area contributed by atoms with Gasteiger partial charge in [0, 0.05) is 25.2 Å². The van der Waals surface area contributed by atoms with Gasteiger partial charge in [-0.2, -0.15) is 0 Å². The zero-order valence-corrected chi connectivity index (χ0v) is 34.8. The van der Waals surface area contributed by atoms with Gasteiger partial charge in [0.15, 0.2) is 17.5 Å². The molecule has 0 amide bonds. The number of ketones is 1. The molecule has 310 valence electrons. The molecule has 1 aliphatic heterocycles. The van der Waals surface area contributed by atoms with E-state index in [0.29, 0.717) is 0 Å². The van der Waals surface area contributed by atoms with Crippen LogP contribution >= 0.6 is 69.6 Å². The first-order valence-corrected chi connectivity index (χ1v) is 19.2. The standard InChI is InChI=1S/C35H37Cl6FO14/c1-15-19(44)11-33(49)26(55-27(46)17-7-6-8-18(42)9-17)24-31(5,25(45)23(22(15)30(33,3)4)54-29(48)52-14-35(39,40)41)20(53-28(47)51-13-34(36,37)38)10-21-32(24,12-50-21)56-16(2)43/h6-9,19-21,23-24,26,44,49H,10-14H2,1-5H3/t19-,20-,21+,23+,24-,26-,31+,32-,33+/m0/s1. The Hall–Kier alpha value is -2.34.